The number of amides is 2. The summed E-state index contributed by atoms with van der Waals surface area (Å²) in [7, 11) is 0. The quantitative estimate of drug-likeness (QED) is 0.767. The van der Waals surface area contributed by atoms with E-state index in [0.717, 1.165) is 5.56 Å². The van der Waals surface area contributed by atoms with Crippen LogP contribution in [0.15, 0.2) is 47.5 Å². The van der Waals surface area contributed by atoms with Gasteiger partial charge in [0, 0.05) is 18.1 Å². The molecule has 2 aliphatic rings. The summed E-state index contributed by atoms with van der Waals surface area (Å²) >= 11 is 0. The van der Waals surface area contributed by atoms with Crippen molar-refractivity contribution in [2.24, 2.45) is 4.99 Å². The molecule has 0 spiro atoms. The number of nitrogens with one attached hydrogen (secondary N) is 2. The van der Waals surface area contributed by atoms with Crippen molar-refractivity contribution in [3.8, 4) is 11.1 Å². The van der Waals surface area contributed by atoms with Crippen molar-refractivity contribution in [3.63, 3.8) is 0 Å². The lowest BCUT2D eigenvalue weighted by atomic mass is 10.0. The first-order valence-corrected chi connectivity index (χ1v) is 9.89. The van der Waals surface area contributed by atoms with Crippen molar-refractivity contribution in [3.05, 3.63) is 53.8 Å². The molecule has 0 radical (unpaired) electrons. The number of carbonyl (C=O) groups is 2. The fourth-order valence-electron chi connectivity index (χ4n) is 3.42. The van der Waals surface area contributed by atoms with Crippen molar-refractivity contribution in [1.29, 1.82) is 0 Å². The molecule has 2 N–H and O–H groups in total. The van der Waals surface area contributed by atoms with E-state index in [2.05, 4.69) is 15.8 Å². The van der Waals surface area contributed by atoms with E-state index < -0.39 is 23.7 Å². The van der Waals surface area contributed by atoms with E-state index in [1.807, 2.05) is 26.0 Å². The fourth-order valence-corrected chi connectivity index (χ4v) is 3.42. The molecule has 0 saturated carbocycles. The first-order chi connectivity index (χ1) is 14.7. The van der Waals surface area contributed by atoms with Crippen molar-refractivity contribution >= 4 is 23.5 Å². The Morgan fingerprint density at radius 2 is 1.97 bits per heavy atom. The summed E-state index contributed by atoms with van der Waals surface area (Å²) in [6.07, 6.45) is -1.05. The van der Waals surface area contributed by atoms with E-state index in [9.17, 15) is 14.0 Å². The van der Waals surface area contributed by atoms with Crippen LogP contribution in [-0.4, -0.2) is 42.8 Å². The zero-order chi connectivity index (χ0) is 22.2. The molecular formula is C22H23FN4O4. The number of cyclic esters (lactones) is 1. The van der Waals surface area contributed by atoms with Gasteiger partial charge >= 0.3 is 6.09 Å². The number of anilines is 1. The highest BCUT2D eigenvalue weighted by Gasteiger charge is 2.32. The summed E-state index contributed by atoms with van der Waals surface area (Å²) in [4.78, 5) is 34.4. The monoisotopic (exact) mass is 426 g/mol. The molecule has 2 aromatic rings. The van der Waals surface area contributed by atoms with Crippen molar-refractivity contribution in [1.82, 2.24) is 10.8 Å². The molecule has 2 aliphatic heterocycles. The van der Waals surface area contributed by atoms with E-state index in [0.29, 0.717) is 22.6 Å². The molecule has 0 aromatic heterocycles. The Labute approximate surface area is 179 Å². The van der Waals surface area contributed by atoms with Gasteiger partial charge in [-0.15, -0.1) is 0 Å². The Balaban J connectivity index is 1.49. The number of hydrogen-bond donors (Lipinski definition) is 2. The number of rotatable bonds is 5. The largest absolute Gasteiger partial charge is 0.442 e. The van der Waals surface area contributed by atoms with Gasteiger partial charge in [-0.1, -0.05) is 24.3 Å². The van der Waals surface area contributed by atoms with E-state index in [-0.39, 0.29) is 19.0 Å². The van der Waals surface area contributed by atoms with Crippen LogP contribution in [0.1, 0.15) is 26.3 Å². The van der Waals surface area contributed by atoms with Gasteiger partial charge in [0.25, 0.3) is 0 Å². The summed E-state index contributed by atoms with van der Waals surface area (Å²) < 4.78 is 20.1. The standard InChI is InChI=1S/C22H23FN4O4/c1-13(28)24-11-17-12-27(21(29)30-17)16-8-9-18(19(23)10-16)14-4-6-15(7-5-14)20-25-22(2,3)31-26-20/h4-10,17H,11-12H2,1-3H3,(H,24,28)(H,25,26)/t17-/m0/s1. The van der Waals surface area contributed by atoms with Gasteiger partial charge in [-0.3, -0.25) is 9.69 Å². The topological polar surface area (TPSA) is 92.3 Å². The zero-order valence-electron chi connectivity index (χ0n) is 17.4. The van der Waals surface area contributed by atoms with Crippen molar-refractivity contribution in [2.75, 3.05) is 18.0 Å². The van der Waals surface area contributed by atoms with E-state index >= 15 is 0 Å². The predicted octanol–water partition coefficient (Wildman–Crippen LogP) is 2.97. The second-order valence-corrected chi connectivity index (χ2v) is 7.91. The van der Waals surface area contributed by atoms with Crippen LogP contribution in [0.4, 0.5) is 14.9 Å². The van der Waals surface area contributed by atoms with Gasteiger partial charge in [0.1, 0.15) is 11.9 Å². The number of ether oxygens (including phenoxy) is 1. The number of nitrogens with zero attached hydrogens (tertiary/aromatic N) is 2. The molecule has 2 heterocycles. The maximum atomic E-state index is 14.9. The average molecular weight is 426 g/mol. The Bertz CT molecular complexity index is 1050. The molecule has 1 atom stereocenters. The van der Waals surface area contributed by atoms with E-state index in [4.69, 9.17) is 9.57 Å². The van der Waals surface area contributed by atoms with Gasteiger partial charge in [-0.2, -0.15) is 0 Å². The van der Waals surface area contributed by atoms with Crippen LogP contribution in [0.5, 0.6) is 0 Å². The number of carbonyl (C=O) groups excluding carboxylic acids is 2. The van der Waals surface area contributed by atoms with Gasteiger partial charge in [0.05, 0.1) is 18.8 Å². The van der Waals surface area contributed by atoms with Gasteiger partial charge in [-0.25, -0.2) is 24.5 Å². The number of hydrogen-bond acceptors (Lipinski definition) is 6. The number of halogens is 1. The van der Waals surface area contributed by atoms with Crippen LogP contribution in [0.3, 0.4) is 0 Å². The summed E-state index contributed by atoms with van der Waals surface area (Å²) in [5.41, 5.74) is 4.50. The van der Waals surface area contributed by atoms with E-state index in [1.165, 1.54) is 17.9 Å². The van der Waals surface area contributed by atoms with Crippen LogP contribution in [0, 0.1) is 5.82 Å². The van der Waals surface area contributed by atoms with Crippen LogP contribution in [-0.2, 0) is 14.4 Å². The Hall–Kier alpha value is -3.46. The SMILES string of the molecule is CC(=O)NC[C@H]1CN(c2ccc(-c3ccc(C4=NC(C)(C)ON4)cc3)c(F)c2)C(=O)O1. The smallest absolute Gasteiger partial charge is 0.414 e. The van der Waals surface area contributed by atoms with Gasteiger partial charge < -0.3 is 10.1 Å². The molecule has 9 heteroatoms. The fraction of sp³-hybridized carbons (Fsp3) is 0.318. The molecule has 162 valence electrons. The molecule has 8 nitrogen and oxygen atoms in total. The van der Waals surface area contributed by atoms with Crippen LogP contribution >= 0.6 is 0 Å². The minimum absolute atomic E-state index is 0.206. The third-order valence-electron chi connectivity index (χ3n) is 4.96. The maximum Gasteiger partial charge on any atom is 0.414 e. The molecule has 2 amide bonds. The van der Waals surface area contributed by atoms with Gasteiger partial charge in [0.2, 0.25) is 5.91 Å². The number of aliphatic imine (C=N–C) groups is 1. The lowest BCUT2D eigenvalue weighted by Gasteiger charge is -2.14. The molecule has 4 rings (SSSR count). The third-order valence-corrected chi connectivity index (χ3v) is 4.96. The summed E-state index contributed by atoms with van der Waals surface area (Å²) in [6.45, 7) is 5.53. The Morgan fingerprint density at radius 3 is 2.58 bits per heavy atom. The summed E-state index contributed by atoms with van der Waals surface area (Å²) in [6, 6.07) is 11.9. The molecule has 0 unspecified atom stereocenters. The minimum atomic E-state index is -0.631. The highest BCUT2D eigenvalue weighted by atomic mass is 19.1. The molecule has 0 bridgehead atoms. The van der Waals surface area contributed by atoms with Crippen LogP contribution in [0.25, 0.3) is 11.1 Å². The first kappa shape index (κ1) is 20.8. The second kappa shape index (κ2) is 7.99. The predicted molar refractivity (Wildman–Crippen MR) is 113 cm³/mol. The lowest BCUT2D eigenvalue weighted by molar-refractivity contribution is -0.119. The molecule has 0 aliphatic carbocycles. The van der Waals surface area contributed by atoms with Gasteiger partial charge in [0.15, 0.2) is 11.6 Å². The Morgan fingerprint density at radius 1 is 1.26 bits per heavy atom. The van der Waals surface area contributed by atoms with Crippen molar-refractivity contribution in [2.45, 2.75) is 32.6 Å². The zero-order valence-corrected chi connectivity index (χ0v) is 17.4. The molecular weight excluding hydrogens is 403 g/mol. The lowest BCUT2D eigenvalue weighted by Crippen LogP contribution is -2.33. The highest BCUT2D eigenvalue weighted by molar-refractivity contribution is 5.99. The summed E-state index contributed by atoms with van der Waals surface area (Å²) in [5, 5.41) is 2.61. The third kappa shape index (κ3) is 4.51. The average Bonchev–Trinajstić information content (AvgIpc) is 3.28. The molecule has 2 aromatic carbocycles. The highest BCUT2D eigenvalue weighted by Crippen LogP contribution is 2.29. The second-order valence-electron chi connectivity index (χ2n) is 7.91. The first-order valence-electron chi connectivity index (χ1n) is 9.89. The Kier molecular flexibility index (Phi) is 5.36. The number of benzene rings is 2. The van der Waals surface area contributed by atoms with Crippen LogP contribution in [0.2, 0.25) is 0 Å². The van der Waals surface area contributed by atoms with Crippen molar-refractivity contribution < 1.29 is 23.6 Å². The maximum absolute atomic E-state index is 14.9. The molecule has 1 saturated heterocycles. The normalized spacial score (nSPS) is 19.6. The molecule has 31 heavy (non-hydrogen) atoms. The van der Waals surface area contributed by atoms with Crippen LogP contribution < -0.4 is 15.7 Å². The van der Waals surface area contributed by atoms with E-state index in [1.54, 1.807) is 24.3 Å². The number of amidine groups is 1. The van der Waals surface area contributed by atoms with Gasteiger partial charge in [-0.05, 0) is 37.6 Å². The molecule has 1 fully saturated rings. The summed E-state index contributed by atoms with van der Waals surface area (Å²) in [5.74, 6) is -0.0409. The minimum Gasteiger partial charge on any atom is -0.442 e. The number of hydroxylamine groups is 1.